The molecule has 2 aromatic carbocycles. The van der Waals surface area contributed by atoms with E-state index in [-0.39, 0.29) is 0 Å². The quantitative estimate of drug-likeness (QED) is 0.603. The maximum atomic E-state index is 11.5. The lowest BCUT2D eigenvalue weighted by Gasteiger charge is -2.26. The maximum Gasteiger partial charge on any atom is 0.150 e. The van der Waals surface area contributed by atoms with Crippen LogP contribution in [0.25, 0.3) is 11.1 Å². The largest absolute Gasteiger partial charge is 0.385 e. The number of piperidine rings is 1. The van der Waals surface area contributed by atoms with Crippen LogP contribution in [0, 0.1) is 0 Å². The summed E-state index contributed by atoms with van der Waals surface area (Å²) in [5, 5.41) is 3.45. The van der Waals surface area contributed by atoms with Crippen molar-refractivity contribution in [2.24, 2.45) is 0 Å². The maximum absolute atomic E-state index is 11.5. The summed E-state index contributed by atoms with van der Waals surface area (Å²) >= 11 is 0. The Morgan fingerprint density at radius 1 is 1.00 bits per heavy atom. The Balaban J connectivity index is 1.55. The molecule has 1 N–H and O–H groups in total. The van der Waals surface area contributed by atoms with E-state index in [1.807, 2.05) is 42.5 Å². The average Bonchev–Trinajstić information content (AvgIpc) is 2.66. The second-order valence-electron chi connectivity index (χ2n) is 6.47. The number of nitrogens with zero attached hydrogens (tertiary/aromatic N) is 1. The molecule has 24 heavy (non-hydrogen) atoms. The number of hydrogen-bond acceptors (Lipinski definition) is 3. The molecule has 0 amide bonds. The van der Waals surface area contributed by atoms with Crippen molar-refractivity contribution >= 4 is 12.0 Å². The Labute approximate surface area is 144 Å². The van der Waals surface area contributed by atoms with Crippen LogP contribution in [0.15, 0.2) is 48.5 Å². The molecule has 3 heteroatoms. The molecule has 1 aliphatic heterocycles. The van der Waals surface area contributed by atoms with Crippen molar-refractivity contribution in [2.45, 2.75) is 25.7 Å². The topological polar surface area (TPSA) is 32.3 Å². The Morgan fingerprint density at radius 3 is 2.54 bits per heavy atom. The van der Waals surface area contributed by atoms with Crippen molar-refractivity contribution in [1.82, 2.24) is 4.90 Å². The number of nitrogens with one attached hydrogen (secondary N) is 1. The van der Waals surface area contributed by atoms with Crippen LogP contribution in [0.4, 0.5) is 5.69 Å². The summed E-state index contributed by atoms with van der Waals surface area (Å²) in [5.74, 6) is 0. The SMILES string of the molecule is O=Cc1cc(NCCCN2CCCCC2)ccc1-c1ccccc1. The Hall–Kier alpha value is -2.13. The number of hydrogen-bond donors (Lipinski definition) is 1. The summed E-state index contributed by atoms with van der Waals surface area (Å²) in [7, 11) is 0. The standard InChI is InChI=1S/C21H26N2O/c24-17-19-16-20(10-11-21(19)18-8-3-1-4-9-18)22-12-7-15-23-13-5-2-6-14-23/h1,3-4,8-11,16-17,22H,2,5-7,12-15H2. The van der Waals surface area contributed by atoms with E-state index in [9.17, 15) is 4.79 Å². The molecular weight excluding hydrogens is 296 g/mol. The smallest absolute Gasteiger partial charge is 0.150 e. The van der Waals surface area contributed by atoms with E-state index in [1.54, 1.807) is 0 Å². The molecule has 0 atom stereocenters. The summed E-state index contributed by atoms with van der Waals surface area (Å²) in [4.78, 5) is 14.0. The van der Waals surface area contributed by atoms with Crippen molar-refractivity contribution in [3.8, 4) is 11.1 Å². The van der Waals surface area contributed by atoms with E-state index in [2.05, 4.69) is 16.3 Å². The molecule has 3 rings (SSSR count). The van der Waals surface area contributed by atoms with Crippen LogP contribution in [0.1, 0.15) is 36.0 Å². The summed E-state index contributed by atoms with van der Waals surface area (Å²) in [5.41, 5.74) is 3.83. The van der Waals surface area contributed by atoms with Gasteiger partial charge in [-0.2, -0.15) is 0 Å². The van der Waals surface area contributed by atoms with Gasteiger partial charge in [0.1, 0.15) is 0 Å². The fourth-order valence-corrected chi connectivity index (χ4v) is 3.37. The average molecular weight is 322 g/mol. The molecular formula is C21H26N2O. The van der Waals surface area contributed by atoms with Gasteiger partial charge in [0.25, 0.3) is 0 Å². The predicted molar refractivity (Wildman–Crippen MR) is 101 cm³/mol. The molecule has 3 nitrogen and oxygen atoms in total. The second kappa shape index (κ2) is 8.65. The van der Waals surface area contributed by atoms with Crippen molar-refractivity contribution in [2.75, 3.05) is 31.5 Å². The highest BCUT2D eigenvalue weighted by Crippen LogP contribution is 2.25. The molecule has 0 aromatic heterocycles. The molecule has 2 aromatic rings. The van der Waals surface area contributed by atoms with Crippen molar-refractivity contribution < 1.29 is 4.79 Å². The molecule has 1 heterocycles. The lowest BCUT2D eigenvalue weighted by molar-refractivity contribution is 0.112. The third kappa shape index (κ3) is 4.45. The van der Waals surface area contributed by atoms with Gasteiger partial charge in [0.2, 0.25) is 0 Å². The molecule has 0 unspecified atom stereocenters. The molecule has 0 spiro atoms. The number of aldehydes is 1. The molecule has 0 radical (unpaired) electrons. The van der Waals surface area contributed by atoms with Crippen molar-refractivity contribution in [1.29, 1.82) is 0 Å². The van der Waals surface area contributed by atoms with Gasteiger partial charge in [-0.1, -0.05) is 42.8 Å². The first-order valence-corrected chi connectivity index (χ1v) is 8.98. The summed E-state index contributed by atoms with van der Waals surface area (Å²) in [6.45, 7) is 4.61. The van der Waals surface area contributed by atoms with Crippen LogP contribution in [-0.2, 0) is 0 Å². The van der Waals surface area contributed by atoms with Gasteiger partial charge in [0.15, 0.2) is 6.29 Å². The van der Waals surface area contributed by atoms with E-state index < -0.39 is 0 Å². The third-order valence-electron chi connectivity index (χ3n) is 4.69. The van der Waals surface area contributed by atoms with Gasteiger partial charge in [-0.05, 0) is 62.2 Å². The van der Waals surface area contributed by atoms with Crippen molar-refractivity contribution in [3.63, 3.8) is 0 Å². The molecule has 0 aliphatic carbocycles. The fraction of sp³-hybridized carbons (Fsp3) is 0.381. The van der Waals surface area contributed by atoms with Gasteiger partial charge >= 0.3 is 0 Å². The molecule has 1 aliphatic rings. The summed E-state index contributed by atoms with van der Waals surface area (Å²) in [6, 6.07) is 16.1. The zero-order valence-corrected chi connectivity index (χ0v) is 14.2. The van der Waals surface area contributed by atoms with E-state index >= 15 is 0 Å². The third-order valence-corrected chi connectivity index (χ3v) is 4.69. The monoisotopic (exact) mass is 322 g/mol. The first-order valence-electron chi connectivity index (χ1n) is 8.98. The van der Waals surface area contributed by atoms with Crippen LogP contribution >= 0.6 is 0 Å². The minimum absolute atomic E-state index is 0.738. The van der Waals surface area contributed by atoms with Gasteiger partial charge in [-0.3, -0.25) is 4.79 Å². The summed E-state index contributed by atoms with van der Waals surface area (Å²) < 4.78 is 0. The van der Waals surface area contributed by atoms with Crippen LogP contribution < -0.4 is 5.32 Å². The Morgan fingerprint density at radius 2 is 1.79 bits per heavy atom. The minimum Gasteiger partial charge on any atom is -0.385 e. The molecule has 0 saturated carbocycles. The number of benzene rings is 2. The molecule has 126 valence electrons. The van der Waals surface area contributed by atoms with Crippen LogP contribution in [0.5, 0.6) is 0 Å². The van der Waals surface area contributed by atoms with E-state index in [4.69, 9.17) is 0 Å². The zero-order chi connectivity index (χ0) is 16.6. The fourth-order valence-electron chi connectivity index (χ4n) is 3.37. The Bertz CT molecular complexity index is 648. The zero-order valence-electron chi connectivity index (χ0n) is 14.2. The minimum atomic E-state index is 0.738. The molecule has 1 saturated heterocycles. The van der Waals surface area contributed by atoms with Gasteiger partial charge in [0, 0.05) is 17.8 Å². The predicted octanol–water partition coefficient (Wildman–Crippen LogP) is 4.45. The number of carbonyl (C=O) groups is 1. The van der Waals surface area contributed by atoms with Gasteiger partial charge in [0.05, 0.1) is 0 Å². The van der Waals surface area contributed by atoms with Crippen LogP contribution in [0.3, 0.4) is 0 Å². The van der Waals surface area contributed by atoms with E-state index in [0.29, 0.717) is 0 Å². The summed E-state index contributed by atoms with van der Waals surface area (Å²) in [6.07, 6.45) is 6.16. The van der Waals surface area contributed by atoms with Crippen molar-refractivity contribution in [3.05, 3.63) is 54.1 Å². The first kappa shape index (κ1) is 16.7. The Kier molecular flexibility index (Phi) is 6.02. The number of carbonyl (C=O) groups excluding carboxylic acids is 1. The number of likely N-dealkylation sites (tertiary alicyclic amines) is 1. The van der Waals surface area contributed by atoms with E-state index in [0.717, 1.165) is 48.2 Å². The lowest BCUT2D eigenvalue weighted by Crippen LogP contribution is -2.31. The van der Waals surface area contributed by atoms with Crippen LogP contribution in [-0.4, -0.2) is 37.4 Å². The lowest BCUT2D eigenvalue weighted by atomic mass is 10.00. The van der Waals surface area contributed by atoms with Gasteiger partial charge in [-0.15, -0.1) is 0 Å². The normalized spacial score (nSPS) is 15.2. The van der Waals surface area contributed by atoms with Gasteiger partial charge < -0.3 is 10.2 Å². The van der Waals surface area contributed by atoms with Crippen LogP contribution in [0.2, 0.25) is 0 Å². The second-order valence-corrected chi connectivity index (χ2v) is 6.47. The highest BCUT2D eigenvalue weighted by atomic mass is 16.1. The number of rotatable bonds is 7. The molecule has 0 bridgehead atoms. The highest BCUT2D eigenvalue weighted by molar-refractivity contribution is 5.89. The number of anilines is 1. The first-order chi connectivity index (χ1) is 11.9. The molecule has 1 fully saturated rings. The highest BCUT2D eigenvalue weighted by Gasteiger charge is 2.09. The van der Waals surface area contributed by atoms with Gasteiger partial charge in [-0.25, -0.2) is 0 Å². The van der Waals surface area contributed by atoms with E-state index in [1.165, 1.54) is 32.4 Å².